The number of anilines is 1. The van der Waals surface area contributed by atoms with Gasteiger partial charge >= 0.3 is 6.57 Å². The lowest BCUT2D eigenvalue weighted by molar-refractivity contribution is -0.578. The maximum Gasteiger partial charge on any atom is 0.305 e. The van der Waals surface area contributed by atoms with Gasteiger partial charge in [0.15, 0.2) is 22.8 Å². The summed E-state index contributed by atoms with van der Waals surface area (Å²) in [6.45, 7) is 17.2. The topological polar surface area (TPSA) is 68.3 Å². The van der Waals surface area contributed by atoms with Crippen LogP contribution in [0.1, 0.15) is 50.9 Å². The van der Waals surface area contributed by atoms with E-state index in [0.717, 1.165) is 41.2 Å². The zero-order valence-corrected chi connectivity index (χ0v) is 21.3. The van der Waals surface area contributed by atoms with Gasteiger partial charge in [0.05, 0.1) is 24.8 Å². The molecule has 0 atom stereocenters. The number of quaternary nitrogens is 1. The number of aryl methyl sites for hydroxylation is 1. The lowest BCUT2D eigenvalue weighted by Gasteiger charge is -2.31. The molecule has 4 rings (SSSR count). The van der Waals surface area contributed by atoms with E-state index < -0.39 is 0 Å². The lowest BCUT2D eigenvalue weighted by Crippen LogP contribution is -2.81. The molecule has 0 spiro atoms. The van der Waals surface area contributed by atoms with E-state index in [1.165, 1.54) is 12.7 Å². The molecular weight excluding hydrogens is 438 g/mol. The maximum atomic E-state index is 13.5. The molecule has 0 amide bonds. The number of hydrogen-bond donors (Lipinski definition) is 1. The Balaban J connectivity index is 1.96. The van der Waals surface area contributed by atoms with Crippen LogP contribution < -0.4 is 20.5 Å². The Kier molecular flexibility index (Phi) is 6.51. The number of methoxy groups -OCH3 is 1. The summed E-state index contributed by atoms with van der Waals surface area (Å²) in [5.74, 6) is 0.197. The van der Waals surface area contributed by atoms with Crippen molar-refractivity contribution in [3.63, 3.8) is 0 Å². The summed E-state index contributed by atoms with van der Waals surface area (Å²) in [4.78, 5) is 17.5. The number of para-hydroxylation sites is 1. The van der Waals surface area contributed by atoms with Gasteiger partial charge in [0.2, 0.25) is 0 Å². The Hall–Kier alpha value is -3.89. The molecule has 0 unspecified atom stereocenters. The average molecular weight is 472 g/mol. The summed E-state index contributed by atoms with van der Waals surface area (Å²) in [6.07, 6.45) is 2.73. The van der Waals surface area contributed by atoms with Crippen molar-refractivity contribution in [2.45, 2.75) is 46.5 Å². The number of nitrogens with two attached hydrogens (primary N) is 1. The van der Waals surface area contributed by atoms with Gasteiger partial charge in [0.1, 0.15) is 11.4 Å². The first kappa shape index (κ1) is 24.2. The van der Waals surface area contributed by atoms with Crippen LogP contribution in [-0.2, 0) is 5.41 Å². The van der Waals surface area contributed by atoms with E-state index in [0.29, 0.717) is 5.70 Å². The van der Waals surface area contributed by atoms with E-state index in [4.69, 9.17) is 16.4 Å². The van der Waals surface area contributed by atoms with Crippen molar-refractivity contribution in [1.29, 1.82) is 0 Å². The molecule has 2 N–H and O–H groups in total. The van der Waals surface area contributed by atoms with Gasteiger partial charge in [0, 0.05) is 17.4 Å². The summed E-state index contributed by atoms with van der Waals surface area (Å²) in [7, 11) is 1.49. The Morgan fingerprint density at radius 2 is 1.97 bits per heavy atom. The van der Waals surface area contributed by atoms with Gasteiger partial charge in [0.25, 0.3) is 5.43 Å². The number of allylic oxidation sites excluding steroid dienone is 1. The Morgan fingerprint density at radius 3 is 2.63 bits per heavy atom. The van der Waals surface area contributed by atoms with Crippen LogP contribution in [0.3, 0.4) is 0 Å². The average Bonchev–Trinajstić information content (AvgIpc) is 2.82. The van der Waals surface area contributed by atoms with Gasteiger partial charge in [-0.15, -0.1) is 0 Å². The molecule has 35 heavy (non-hydrogen) atoms. The molecular formula is C28H33N5O2+2. The second-order valence-corrected chi connectivity index (χ2v) is 9.80. The van der Waals surface area contributed by atoms with E-state index >= 15 is 0 Å². The van der Waals surface area contributed by atoms with Crippen LogP contribution in [0.15, 0.2) is 59.0 Å². The van der Waals surface area contributed by atoms with Crippen LogP contribution in [0.2, 0.25) is 0 Å². The van der Waals surface area contributed by atoms with Crippen LogP contribution in [0, 0.1) is 13.5 Å². The van der Waals surface area contributed by atoms with Crippen LogP contribution in [0.4, 0.5) is 11.4 Å². The van der Waals surface area contributed by atoms with E-state index in [2.05, 4.69) is 30.2 Å². The minimum atomic E-state index is -0.324. The number of fused-ring (bicyclic) bond motifs is 1. The molecule has 0 saturated heterocycles. The van der Waals surface area contributed by atoms with Crippen molar-refractivity contribution in [3.8, 4) is 18.0 Å². The number of benzene rings is 2. The van der Waals surface area contributed by atoms with Gasteiger partial charge in [-0.3, -0.25) is 4.79 Å². The van der Waals surface area contributed by atoms with Gasteiger partial charge < -0.3 is 10.1 Å². The van der Waals surface area contributed by atoms with Crippen LogP contribution in [-0.4, -0.2) is 23.4 Å². The molecule has 180 valence electrons. The number of ether oxygens (including phenoxy) is 1. The van der Waals surface area contributed by atoms with Crippen LogP contribution >= 0.6 is 0 Å². The van der Waals surface area contributed by atoms with Gasteiger partial charge in [-0.2, -0.15) is 5.10 Å². The predicted octanol–water partition coefficient (Wildman–Crippen LogP) is 4.56. The highest BCUT2D eigenvalue weighted by Crippen LogP contribution is 2.36. The van der Waals surface area contributed by atoms with Crippen molar-refractivity contribution < 1.29 is 10.1 Å². The number of nitrogens with zero attached hydrogens (tertiary/aromatic N) is 4. The van der Waals surface area contributed by atoms with Gasteiger partial charge in [-0.05, 0) is 55.1 Å². The molecule has 0 saturated carbocycles. The van der Waals surface area contributed by atoms with Crippen LogP contribution in [0.25, 0.3) is 16.3 Å². The first-order valence-electron chi connectivity index (χ1n) is 11.8. The zero-order valence-electron chi connectivity index (χ0n) is 21.3. The summed E-state index contributed by atoms with van der Waals surface area (Å²) >= 11 is 0. The maximum absolute atomic E-state index is 13.5. The molecule has 0 bridgehead atoms. The molecule has 0 aliphatic carbocycles. The van der Waals surface area contributed by atoms with Crippen molar-refractivity contribution >= 4 is 17.1 Å². The van der Waals surface area contributed by atoms with Gasteiger partial charge in [-0.1, -0.05) is 38.1 Å². The molecule has 2 heterocycles. The first-order valence-corrected chi connectivity index (χ1v) is 11.8. The number of rotatable bonds is 5. The normalized spacial score (nSPS) is 14.0. The van der Waals surface area contributed by atoms with Crippen LogP contribution in [0.5, 0.6) is 5.75 Å². The molecule has 1 aliphatic rings. The predicted molar refractivity (Wildman–Crippen MR) is 141 cm³/mol. The summed E-state index contributed by atoms with van der Waals surface area (Å²) < 4.78 is 7.25. The lowest BCUT2D eigenvalue weighted by atomic mass is 9.78. The summed E-state index contributed by atoms with van der Waals surface area (Å²) in [5.41, 5.74) is 6.39. The highest BCUT2D eigenvalue weighted by Gasteiger charge is 2.33. The molecule has 3 aromatic rings. The Bertz CT molecular complexity index is 1410. The van der Waals surface area contributed by atoms with E-state index in [-0.39, 0.29) is 22.3 Å². The Labute approximate surface area is 206 Å². The second kappa shape index (κ2) is 9.40. The van der Waals surface area contributed by atoms with E-state index in [1.807, 2.05) is 57.2 Å². The number of aromatic nitrogens is 2. The standard InChI is InChI=1S/C28H32N5O2/c1-18(2)26(33(29-6)20-11-8-10-19(3)16-20)25-27(34)23(35-7)17-32(31-25)22-13-9-12-21-24(22)30-15-14-28(21,4)5/h6,8-13,16-17,30H,14-15H2,1-5,7H3/q+1/p+1. The third-order valence-corrected chi connectivity index (χ3v) is 6.55. The molecule has 1 aliphatic heterocycles. The molecule has 0 fully saturated rings. The quantitative estimate of drug-likeness (QED) is 0.438. The fourth-order valence-corrected chi connectivity index (χ4v) is 4.72. The smallest absolute Gasteiger partial charge is 0.305 e. The molecule has 0 radical (unpaired) electrons. The molecule has 2 aromatic carbocycles. The zero-order chi connectivity index (χ0) is 25.3. The van der Waals surface area contributed by atoms with Crippen molar-refractivity contribution in [1.82, 2.24) is 9.78 Å². The highest BCUT2D eigenvalue weighted by molar-refractivity contribution is 5.81. The van der Waals surface area contributed by atoms with E-state index in [9.17, 15) is 4.79 Å². The third kappa shape index (κ3) is 4.45. The molecule has 7 heteroatoms. The fraction of sp³-hybridized carbons (Fsp3) is 0.321. The minimum absolute atomic E-state index is 0.0531. The van der Waals surface area contributed by atoms with Crippen molar-refractivity contribution in [2.75, 3.05) is 18.7 Å². The number of hydrogen-bond acceptors (Lipinski definition) is 4. The van der Waals surface area contributed by atoms with Crippen molar-refractivity contribution in [3.05, 3.63) is 86.2 Å². The molecule has 1 aromatic heterocycles. The SMILES string of the molecule is C#[N+]N(C(=C(C)C)c1nn(-c2cccc3c2[NH2+]CCC3(C)C)cc(OC)c1=O)c1cccc(C)c1. The second-order valence-electron chi connectivity index (χ2n) is 9.80. The monoisotopic (exact) mass is 471 g/mol. The molecule has 7 nitrogen and oxygen atoms in total. The largest absolute Gasteiger partial charge is 0.491 e. The van der Waals surface area contributed by atoms with Crippen molar-refractivity contribution in [2.24, 2.45) is 0 Å². The minimum Gasteiger partial charge on any atom is -0.491 e. The van der Waals surface area contributed by atoms with Gasteiger partial charge in [-0.25, -0.2) is 4.68 Å². The summed E-state index contributed by atoms with van der Waals surface area (Å²) in [6, 6.07) is 14.0. The third-order valence-electron chi connectivity index (χ3n) is 6.55. The highest BCUT2D eigenvalue weighted by atomic mass is 16.5. The Morgan fingerprint density at radius 1 is 1.23 bits per heavy atom. The first-order chi connectivity index (χ1) is 16.7. The summed E-state index contributed by atoms with van der Waals surface area (Å²) in [5, 5.41) is 8.64. The van der Waals surface area contributed by atoms with E-state index in [1.54, 1.807) is 15.9 Å². The fourth-order valence-electron chi connectivity index (χ4n) is 4.72.